The highest BCUT2D eigenvalue weighted by atomic mass is 19.1. The van der Waals surface area contributed by atoms with Gasteiger partial charge in [-0.3, -0.25) is 4.79 Å². The van der Waals surface area contributed by atoms with Crippen LogP contribution in [0.1, 0.15) is 38.3 Å². The highest BCUT2D eigenvalue weighted by molar-refractivity contribution is 5.73. The van der Waals surface area contributed by atoms with E-state index < -0.39 is 0 Å². The van der Waals surface area contributed by atoms with Crippen LogP contribution < -0.4 is 9.47 Å². The third-order valence-corrected chi connectivity index (χ3v) is 3.75. The van der Waals surface area contributed by atoms with Crippen molar-refractivity contribution in [2.45, 2.75) is 39.0 Å². The Balaban J connectivity index is 2.06. The fraction of sp³-hybridized carbons (Fsp3) is 0.350. The number of carbonyl (C=O) groups is 1. The lowest BCUT2D eigenvalue weighted by Crippen LogP contribution is -2.16. The molecular weight excluding hydrogens is 307 g/mol. The van der Waals surface area contributed by atoms with Crippen LogP contribution in [-0.4, -0.2) is 13.1 Å². The Morgan fingerprint density at radius 3 is 2.33 bits per heavy atom. The van der Waals surface area contributed by atoms with Crippen LogP contribution in [0.4, 0.5) is 4.39 Å². The molecule has 0 aliphatic rings. The zero-order valence-corrected chi connectivity index (χ0v) is 14.6. The van der Waals surface area contributed by atoms with Crippen LogP contribution in [0.25, 0.3) is 0 Å². The zero-order chi connectivity index (χ0) is 17.7. The molecule has 0 amide bonds. The van der Waals surface area contributed by atoms with Gasteiger partial charge in [-0.2, -0.15) is 0 Å². The Bertz CT molecular complexity index is 700. The molecule has 0 spiro atoms. The molecule has 0 heterocycles. The van der Waals surface area contributed by atoms with Crippen molar-refractivity contribution in [3.8, 4) is 11.5 Å². The summed E-state index contributed by atoms with van der Waals surface area (Å²) in [6.45, 7) is 6.16. The Labute approximate surface area is 142 Å². The highest BCUT2D eigenvalue weighted by Crippen LogP contribution is 2.34. The Morgan fingerprint density at radius 2 is 1.75 bits per heavy atom. The van der Waals surface area contributed by atoms with Crippen molar-refractivity contribution in [1.29, 1.82) is 0 Å². The number of hydrogen-bond donors (Lipinski definition) is 0. The van der Waals surface area contributed by atoms with E-state index >= 15 is 0 Å². The molecule has 2 aromatic carbocycles. The summed E-state index contributed by atoms with van der Waals surface area (Å²) >= 11 is 0. The summed E-state index contributed by atoms with van der Waals surface area (Å²) < 4.78 is 23.7. The monoisotopic (exact) mass is 330 g/mol. The van der Waals surface area contributed by atoms with Crippen LogP contribution in [0.15, 0.2) is 42.5 Å². The minimum Gasteiger partial charge on any atom is -0.497 e. The molecule has 0 aliphatic carbocycles. The molecular formula is C20H23FO3. The van der Waals surface area contributed by atoms with E-state index in [2.05, 4.69) is 20.8 Å². The van der Waals surface area contributed by atoms with E-state index in [-0.39, 0.29) is 23.6 Å². The van der Waals surface area contributed by atoms with Gasteiger partial charge in [0.25, 0.3) is 0 Å². The number of hydrogen-bond acceptors (Lipinski definition) is 3. The fourth-order valence-corrected chi connectivity index (χ4v) is 2.38. The molecule has 2 aromatic rings. The van der Waals surface area contributed by atoms with Crippen LogP contribution in [0.2, 0.25) is 0 Å². The molecule has 0 unspecified atom stereocenters. The third kappa shape index (κ3) is 4.82. The Hall–Kier alpha value is -2.36. The molecule has 0 atom stereocenters. The number of rotatable bonds is 5. The first-order valence-electron chi connectivity index (χ1n) is 7.93. The van der Waals surface area contributed by atoms with Gasteiger partial charge in [0.05, 0.1) is 7.11 Å². The van der Waals surface area contributed by atoms with Crippen molar-refractivity contribution in [2.24, 2.45) is 0 Å². The molecule has 0 aromatic heterocycles. The molecule has 0 N–H and O–H groups in total. The lowest BCUT2D eigenvalue weighted by atomic mass is 9.86. The van der Waals surface area contributed by atoms with Crippen molar-refractivity contribution in [1.82, 2.24) is 0 Å². The van der Waals surface area contributed by atoms with Gasteiger partial charge in [0.2, 0.25) is 0 Å². The molecule has 0 fully saturated rings. The fourth-order valence-electron chi connectivity index (χ4n) is 2.38. The van der Waals surface area contributed by atoms with E-state index in [9.17, 15) is 9.18 Å². The maximum absolute atomic E-state index is 12.9. The topological polar surface area (TPSA) is 35.5 Å². The van der Waals surface area contributed by atoms with E-state index in [1.54, 1.807) is 31.4 Å². The smallest absolute Gasteiger partial charge is 0.311 e. The number of ether oxygens (including phenoxy) is 2. The second kappa shape index (κ2) is 7.47. The number of esters is 1. The summed E-state index contributed by atoms with van der Waals surface area (Å²) in [7, 11) is 1.61. The van der Waals surface area contributed by atoms with E-state index in [0.29, 0.717) is 12.2 Å². The van der Waals surface area contributed by atoms with Gasteiger partial charge in [0.1, 0.15) is 17.3 Å². The van der Waals surface area contributed by atoms with Crippen LogP contribution in [-0.2, 0) is 16.6 Å². The van der Waals surface area contributed by atoms with Gasteiger partial charge in [-0.1, -0.05) is 32.9 Å². The van der Waals surface area contributed by atoms with Crippen molar-refractivity contribution in [2.75, 3.05) is 7.11 Å². The molecule has 0 saturated carbocycles. The Kier molecular flexibility index (Phi) is 5.60. The van der Waals surface area contributed by atoms with Gasteiger partial charge < -0.3 is 9.47 Å². The molecule has 3 nitrogen and oxygen atoms in total. The molecule has 0 bridgehead atoms. The van der Waals surface area contributed by atoms with Gasteiger partial charge in [-0.15, -0.1) is 0 Å². The molecule has 0 aliphatic heterocycles. The molecule has 4 heteroatoms. The van der Waals surface area contributed by atoms with Crippen molar-refractivity contribution in [3.05, 3.63) is 59.4 Å². The molecule has 0 saturated heterocycles. The highest BCUT2D eigenvalue weighted by Gasteiger charge is 2.21. The zero-order valence-electron chi connectivity index (χ0n) is 14.6. The SMILES string of the molecule is COc1ccc(OC(=O)CCc2ccc(F)cc2)c(C(C)(C)C)c1. The first-order chi connectivity index (χ1) is 11.3. The number of carbonyl (C=O) groups excluding carboxylic acids is 1. The normalized spacial score (nSPS) is 11.2. The quantitative estimate of drug-likeness (QED) is 0.590. The predicted molar refractivity (Wildman–Crippen MR) is 92.1 cm³/mol. The number of halogens is 1. The largest absolute Gasteiger partial charge is 0.497 e. The van der Waals surface area contributed by atoms with Gasteiger partial charge in [0.15, 0.2) is 0 Å². The van der Waals surface area contributed by atoms with Gasteiger partial charge in [-0.25, -0.2) is 4.39 Å². The summed E-state index contributed by atoms with van der Waals surface area (Å²) in [5, 5.41) is 0. The lowest BCUT2D eigenvalue weighted by molar-refractivity contribution is -0.134. The maximum atomic E-state index is 12.9. The van der Waals surface area contributed by atoms with E-state index in [1.165, 1.54) is 12.1 Å². The van der Waals surface area contributed by atoms with Crippen molar-refractivity contribution in [3.63, 3.8) is 0 Å². The lowest BCUT2D eigenvalue weighted by Gasteiger charge is -2.23. The first kappa shape index (κ1) is 18.0. The first-order valence-corrected chi connectivity index (χ1v) is 7.93. The Morgan fingerprint density at radius 1 is 1.08 bits per heavy atom. The minimum absolute atomic E-state index is 0.179. The van der Waals surface area contributed by atoms with Gasteiger partial charge >= 0.3 is 5.97 Å². The second-order valence-corrected chi connectivity index (χ2v) is 6.71. The summed E-state index contributed by atoms with van der Waals surface area (Å²) in [4.78, 5) is 12.2. The van der Waals surface area contributed by atoms with Crippen molar-refractivity contribution < 1.29 is 18.7 Å². The number of methoxy groups -OCH3 is 1. The maximum Gasteiger partial charge on any atom is 0.311 e. The average Bonchev–Trinajstić information content (AvgIpc) is 2.53. The molecule has 0 radical (unpaired) electrons. The summed E-state index contributed by atoms with van der Waals surface area (Å²) in [6.07, 6.45) is 0.751. The second-order valence-electron chi connectivity index (χ2n) is 6.71. The summed E-state index contributed by atoms with van der Waals surface area (Å²) in [5.74, 6) is 0.683. The number of aryl methyl sites for hydroxylation is 1. The van der Waals surface area contributed by atoms with E-state index in [0.717, 1.165) is 16.9 Å². The van der Waals surface area contributed by atoms with E-state index in [1.807, 2.05) is 6.07 Å². The standard InChI is InChI=1S/C20H23FO3/c1-20(2,3)17-13-16(23-4)10-11-18(17)24-19(22)12-7-14-5-8-15(21)9-6-14/h5-6,8-11,13H,7,12H2,1-4H3. The van der Waals surface area contributed by atoms with Crippen LogP contribution in [0.3, 0.4) is 0 Å². The van der Waals surface area contributed by atoms with Gasteiger partial charge in [-0.05, 0) is 47.7 Å². The summed E-state index contributed by atoms with van der Waals surface area (Å²) in [5.41, 5.74) is 1.64. The average molecular weight is 330 g/mol. The van der Waals surface area contributed by atoms with Crippen molar-refractivity contribution >= 4 is 5.97 Å². The van der Waals surface area contributed by atoms with Crippen LogP contribution >= 0.6 is 0 Å². The predicted octanol–water partition coefficient (Wildman–Crippen LogP) is 4.67. The van der Waals surface area contributed by atoms with Crippen LogP contribution in [0, 0.1) is 5.82 Å². The van der Waals surface area contributed by atoms with Gasteiger partial charge in [0, 0.05) is 12.0 Å². The number of benzene rings is 2. The molecule has 24 heavy (non-hydrogen) atoms. The molecule has 128 valence electrons. The minimum atomic E-state index is -0.310. The molecule has 2 rings (SSSR count). The van der Waals surface area contributed by atoms with Crippen LogP contribution in [0.5, 0.6) is 11.5 Å². The van der Waals surface area contributed by atoms with E-state index in [4.69, 9.17) is 9.47 Å². The summed E-state index contributed by atoms with van der Waals surface area (Å²) in [6, 6.07) is 11.6. The third-order valence-electron chi connectivity index (χ3n) is 3.75.